The largest absolute Gasteiger partial charge is 0.357 e. The van der Waals surface area contributed by atoms with Crippen molar-refractivity contribution < 1.29 is 9.47 Å². The maximum Gasteiger partial charge on any atom is 0.136 e. The second-order valence-electron chi connectivity index (χ2n) is 2.93. The van der Waals surface area contributed by atoms with E-state index in [0.717, 1.165) is 19.4 Å². The molecular formula is C8H22N2O2Si. The standard InChI is InChI=1S/C8H22N2O2Si/c1-5-11-8(12-6-2)13-7-9-10(3)4/h8-9H,5-7,13H2,1-4H3. The minimum absolute atomic E-state index is 0.0717. The van der Waals surface area contributed by atoms with Gasteiger partial charge in [-0.3, -0.25) is 10.4 Å². The van der Waals surface area contributed by atoms with Crippen molar-refractivity contribution in [1.82, 2.24) is 10.4 Å². The van der Waals surface area contributed by atoms with E-state index >= 15 is 0 Å². The lowest BCUT2D eigenvalue weighted by Gasteiger charge is -2.18. The van der Waals surface area contributed by atoms with E-state index in [1.807, 2.05) is 33.0 Å². The quantitative estimate of drug-likeness (QED) is 0.331. The normalized spacial score (nSPS) is 12.5. The summed E-state index contributed by atoms with van der Waals surface area (Å²) in [4.78, 5) is 0. The van der Waals surface area contributed by atoms with Gasteiger partial charge in [0.05, 0.1) is 0 Å². The van der Waals surface area contributed by atoms with Crippen LogP contribution in [0.3, 0.4) is 0 Å². The van der Waals surface area contributed by atoms with Gasteiger partial charge >= 0.3 is 0 Å². The Kier molecular flexibility index (Phi) is 8.68. The molecule has 0 radical (unpaired) electrons. The van der Waals surface area contributed by atoms with Crippen molar-refractivity contribution in [2.75, 3.05) is 33.5 Å². The number of hydrogen-bond acceptors (Lipinski definition) is 4. The maximum absolute atomic E-state index is 5.45. The van der Waals surface area contributed by atoms with Gasteiger partial charge in [-0.15, -0.1) is 0 Å². The molecule has 0 saturated heterocycles. The molecule has 0 aromatic rings. The van der Waals surface area contributed by atoms with Gasteiger partial charge in [-0.1, -0.05) is 0 Å². The zero-order valence-electron chi connectivity index (χ0n) is 9.17. The second-order valence-corrected chi connectivity index (χ2v) is 4.68. The minimum atomic E-state index is -0.337. The third-order valence-electron chi connectivity index (χ3n) is 1.51. The molecule has 0 amide bonds. The summed E-state index contributed by atoms with van der Waals surface area (Å²) >= 11 is 0. The van der Waals surface area contributed by atoms with Gasteiger partial charge in [0, 0.05) is 33.5 Å². The average Bonchev–Trinajstić information content (AvgIpc) is 2.04. The molecule has 0 saturated carbocycles. The molecule has 13 heavy (non-hydrogen) atoms. The molecule has 0 fully saturated rings. The van der Waals surface area contributed by atoms with Crippen LogP contribution in [0, 0.1) is 0 Å². The average molecular weight is 206 g/mol. The van der Waals surface area contributed by atoms with Crippen LogP contribution in [-0.2, 0) is 9.47 Å². The van der Waals surface area contributed by atoms with Crippen LogP contribution in [-0.4, -0.2) is 53.9 Å². The first kappa shape index (κ1) is 13.1. The first-order chi connectivity index (χ1) is 6.20. The summed E-state index contributed by atoms with van der Waals surface area (Å²) in [5, 5.41) is 1.96. The van der Waals surface area contributed by atoms with Gasteiger partial charge in [-0.05, 0) is 13.8 Å². The predicted octanol–water partition coefficient (Wildman–Crippen LogP) is -0.464. The predicted molar refractivity (Wildman–Crippen MR) is 57.3 cm³/mol. The van der Waals surface area contributed by atoms with E-state index in [1.54, 1.807) is 0 Å². The molecular weight excluding hydrogens is 184 g/mol. The van der Waals surface area contributed by atoms with Crippen LogP contribution >= 0.6 is 0 Å². The van der Waals surface area contributed by atoms with Crippen molar-refractivity contribution in [3.8, 4) is 0 Å². The van der Waals surface area contributed by atoms with Gasteiger partial charge in [-0.25, -0.2) is 0 Å². The van der Waals surface area contributed by atoms with E-state index in [0.29, 0.717) is 0 Å². The zero-order chi connectivity index (χ0) is 10.1. The molecule has 0 rings (SSSR count). The van der Waals surface area contributed by atoms with Gasteiger partial charge in [0.1, 0.15) is 15.4 Å². The fourth-order valence-electron chi connectivity index (χ4n) is 0.993. The van der Waals surface area contributed by atoms with Crippen molar-refractivity contribution in [3.05, 3.63) is 0 Å². The summed E-state index contributed by atoms with van der Waals surface area (Å²) in [7, 11) is 3.64. The van der Waals surface area contributed by atoms with Crippen molar-refractivity contribution in [1.29, 1.82) is 0 Å². The van der Waals surface area contributed by atoms with Gasteiger partial charge in [0.2, 0.25) is 0 Å². The fraction of sp³-hybridized carbons (Fsp3) is 1.00. The van der Waals surface area contributed by atoms with Gasteiger partial charge in [-0.2, -0.15) is 0 Å². The summed E-state index contributed by atoms with van der Waals surface area (Å²) in [5.41, 5.74) is 3.23. The van der Waals surface area contributed by atoms with E-state index in [2.05, 4.69) is 5.43 Å². The maximum atomic E-state index is 5.45. The fourth-order valence-corrected chi connectivity index (χ4v) is 2.61. The molecule has 4 nitrogen and oxygen atoms in total. The number of nitrogens with zero attached hydrogens (tertiary/aromatic N) is 1. The Labute approximate surface area is 83.4 Å². The van der Waals surface area contributed by atoms with Crippen molar-refractivity contribution >= 4 is 9.52 Å². The lowest BCUT2D eigenvalue weighted by molar-refractivity contribution is -0.0830. The molecule has 0 bridgehead atoms. The van der Waals surface area contributed by atoms with Crippen LogP contribution in [0.15, 0.2) is 0 Å². The van der Waals surface area contributed by atoms with E-state index in [-0.39, 0.29) is 15.4 Å². The SMILES string of the molecule is CCOC(OCC)[SiH2]CNN(C)C. The number of rotatable bonds is 8. The molecule has 0 unspecified atom stereocenters. The van der Waals surface area contributed by atoms with Crippen LogP contribution in [0.2, 0.25) is 0 Å². The molecule has 1 N–H and O–H groups in total. The summed E-state index contributed by atoms with van der Waals surface area (Å²) in [6.07, 6.45) is 1.01. The van der Waals surface area contributed by atoms with Gasteiger partial charge < -0.3 is 9.47 Å². The number of nitrogens with one attached hydrogen (secondary N) is 1. The molecule has 5 heteroatoms. The number of hydrazine groups is 1. The first-order valence-electron chi connectivity index (χ1n) is 4.84. The van der Waals surface area contributed by atoms with Crippen molar-refractivity contribution in [2.24, 2.45) is 0 Å². The van der Waals surface area contributed by atoms with E-state index in [1.165, 1.54) is 0 Å². The van der Waals surface area contributed by atoms with Gasteiger partial charge in [0.15, 0.2) is 0 Å². The summed E-state index contributed by atoms with van der Waals surface area (Å²) in [6.45, 7) is 5.47. The molecule has 0 atom stereocenters. The number of hydrogen-bond donors (Lipinski definition) is 1. The monoisotopic (exact) mass is 206 g/mol. The van der Waals surface area contributed by atoms with Gasteiger partial charge in [0.25, 0.3) is 0 Å². The third kappa shape index (κ3) is 8.39. The number of ether oxygens (including phenoxy) is 2. The van der Waals surface area contributed by atoms with Crippen LogP contribution in [0.1, 0.15) is 13.8 Å². The van der Waals surface area contributed by atoms with E-state index < -0.39 is 0 Å². The lowest BCUT2D eigenvalue weighted by atomic mass is 10.8. The lowest BCUT2D eigenvalue weighted by Crippen LogP contribution is -2.39. The van der Waals surface area contributed by atoms with Crippen molar-refractivity contribution in [2.45, 2.75) is 19.8 Å². The highest BCUT2D eigenvalue weighted by molar-refractivity contribution is 6.36. The molecule has 0 aliphatic heterocycles. The smallest absolute Gasteiger partial charge is 0.136 e. The summed E-state index contributed by atoms with van der Waals surface area (Å²) < 4.78 is 10.9. The van der Waals surface area contributed by atoms with Crippen LogP contribution in [0.4, 0.5) is 0 Å². The van der Waals surface area contributed by atoms with E-state index in [4.69, 9.17) is 9.47 Å². The third-order valence-corrected chi connectivity index (χ3v) is 2.97. The summed E-state index contributed by atoms with van der Waals surface area (Å²) in [6, 6.07) is 0. The van der Waals surface area contributed by atoms with Crippen molar-refractivity contribution in [3.63, 3.8) is 0 Å². The van der Waals surface area contributed by atoms with Crippen LogP contribution in [0.25, 0.3) is 0 Å². The Hall–Kier alpha value is 0.0569. The Balaban J connectivity index is 3.44. The van der Waals surface area contributed by atoms with Crippen LogP contribution in [0.5, 0.6) is 0 Å². The molecule has 0 aromatic carbocycles. The Morgan fingerprint density at radius 1 is 1.23 bits per heavy atom. The molecule has 0 spiro atoms. The Morgan fingerprint density at radius 2 is 1.77 bits per heavy atom. The highest BCUT2D eigenvalue weighted by Gasteiger charge is 2.07. The molecule has 0 aliphatic rings. The topological polar surface area (TPSA) is 33.7 Å². The molecule has 0 aliphatic carbocycles. The molecule has 0 aromatic heterocycles. The molecule has 0 heterocycles. The van der Waals surface area contributed by atoms with Crippen LogP contribution < -0.4 is 5.43 Å². The Morgan fingerprint density at radius 3 is 2.15 bits per heavy atom. The van der Waals surface area contributed by atoms with E-state index in [9.17, 15) is 0 Å². The highest BCUT2D eigenvalue weighted by atomic mass is 28.2. The molecule has 80 valence electrons. The zero-order valence-corrected chi connectivity index (χ0v) is 10.6. The first-order valence-corrected chi connectivity index (χ1v) is 6.66. The summed E-state index contributed by atoms with van der Waals surface area (Å²) in [5.74, 6) is 0.0717. The Bertz CT molecular complexity index is 108. The highest BCUT2D eigenvalue weighted by Crippen LogP contribution is 1.91. The second kappa shape index (κ2) is 8.65. The minimum Gasteiger partial charge on any atom is -0.357 e.